The first kappa shape index (κ1) is 15.4. The Hall–Kier alpha value is -1.95. The minimum Gasteiger partial charge on any atom is -0.394 e. The monoisotopic (exact) mass is 354 g/mol. The molecule has 0 saturated heterocycles. The smallest absolute Gasteiger partial charge is 0.254 e. The number of rotatable bonds is 3. The van der Waals surface area contributed by atoms with Crippen molar-refractivity contribution in [3.8, 4) is 0 Å². The lowest BCUT2D eigenvalue weighted by Crippen LogP contribution is -2.26. The van der Waals surface area contributed by atoms with Crippen LogP contribution in [0.3, 0.4) is 0 Å². The molecular formula is C15H13BrF2N2O. The van der Waals surface area contributed by atoms with Gasteiger partial charge in [-0.15, -0.1) is 0 Å². The van der Waals surface area contributed by atoms with Crippen LogP contribution < -0.4 is 5.73 Å². The van der Waals surface area contributed by atoms with Crippen LogP contribution in [0.15, 0.2) is 40.9 Å². The van der Waals surface area contributed by atoms with Gasteiger partial charge in [0.2, 0.25) is 0 Å². The van der Waals surface area contributed by atoms with Crippen molar-refractivity contribution >= 4 is 27.5 Å². The number of amides is 1. The highest BCUT2D eigenvalue weighted by atomic mass is 79.9. The predicted octanol–water partition coefficient (Wildman–Crippen LogP) is 3.58. The Bertz CT molecular complexity index is 668. The standard InChI is InChI=1S/C15H13BrF2N2O/c1-20(8-9-3-2-4-11(16)5-9)15(21)10-6-12(17)14(19)13(18)7-10/h2-7H,8,19H2,1H3. The zero-order valence-corrected chi connectivity index (χ0v) is 12.8. The fourth-order valence-electron chi connectivity index (χ4n) is 1.91. The van der Waals surface area contributed by atoms with Crippen molar-refractivity contribution < 1.29 is 13.6 Å². The molecule has 0 bridgehead atoms. The highest BCUT2D eigenvalue weighted by Crippen LogP contribution is 2.19. The molecule has 0 aliphatic carbocycles. The van der Waals surface area contributed by atoms with Gasteiger partial charge in [-0.05, 0) is 29.8 Å². The molecule has 0 radical (unpaired) electrons. The maximum atomic E-state index is 13.4. The average Bonchev–Trinajstić information content (AvgIpc) is 2.43. The first-order chi connectivity index (χ1) is 9.88. The van der Waals surface area contributed by atoms with Crippen LogP contribution in [-0.2, 0) is 6.54 Å². The molecule has 0 fully saturated rings. The normalized spacial score (nSPS) is 10.5. The molecule has 0 aliphatic rings. The van der Waals surface area contributed by atoms with E-state index in [4.69, 9.17) is 5.73 Å². The van der Waals surface area contributed by atoms with E-state index in [-0.39, 0.29) is 5.56 Å². The fourth-order valence-corrected chi connectivity index (χ4v) is 2.36. The molecule has 0 aromatic heterocycles. The van der Waals surface area contributed by atoms with Gasteiger partial charge in [0.25, 0.3) is 5.91 Å². The first-order valence-corrected chi connectivity index (χ1v) is 6.92. The lowest BCUT2D eigenvalue weighted by molar-refractivity contribution is 0.0784. The van der Waals surface area contributed by atoms with E-state index in [0.29, 0.717) is 6.54 Å². The predicted molar refractivity (Wildman–Crippen MR) is 80.7 cm³/mol. The summed E-state index contributed by atoms with van der Waals surface area (Å²) in [5, 5.41) is 0. The molecule has 2 aromatic carbocycles. The zero-order valence-electron chi connectivity index (χ0n) is 11.2. The van der Waals surface area contributed by atoms with Crippen molar-refractivity contribution in [1.82, 2.24) is 4.90 Å². The Morgan fingerprint density at radius 2 is 1.86 bits per heavy atom. The van der Waals surface area contributed by atoms with Crippen LogP contribution in [0.25, 0.3) is 0 Å². The Kier molecular flexibility index (Phi) is 4.57. The van der Waals surface area contributed by atoms with E-state index < -0.39 is 23.2 Å². The number of nitrogens with zero attached hydrogens (tertiary/aromatic N) is 1. The van der Waals surface area contributed by atoms with Crippen molar-refractivity contribution in [3.05, 3.63) is 63.6 Å². The van der Waals surface area contributed by atoms with Gasteiger partial charge in [-0.2, -0.15) is 0 Å². The molecule has 2 rings (SSSR count). The number of benzene rings is 2. The SMILES string of the molecule is CN(Cc1cccc(Br)c1)C(=O)c1cc(F)c(N)c(F)c1. The maximum absolute atomic E-state index is 13.4. The van der Waals surface area contributed by atoms with Gasteiger partial charge in [-0.3, -0.25) is 4.79 Å². The average molecular weight is 355 g/mol. The Labute approximate surface area is 129 Å². The summed E-state index contributed by atoms with van der Waals surface area (Å²) in [6, 6.07) is 9.33. The summed E-state index contributed by atoms with van der Waals surface area (Å²) in [5.41, 5.74) is 5.43. The van der Waals surface area contributed by atoms with Crippen molar-refractivity contribution in [1.29, 1.82) is 0 Å². The molecule has 0 heterocycles. The number of hydrogen-bond donors (Lipinski definition) is 1. The van der Waals surface area contributed by atoms with E-state index in [1.54, 1.807) is 7.05 Å². The van der Waals surface area contributed by atoms with Crippen molar-refractivity contribution in [2.24, 2.45) is 0 Å². The molecule has 1 amide bonds. The van der Waals surface area contributed by atoms with Crippen molar-refractivity contribution in [2.45, 2.75) is 6.54 Å². The summed E-state index contributed by atoms with van der Waals surface area (Å²) in [6.45, 7) is 0.325. The van der Waals surface area contributed by atoms with Crippen molar-refractivity contribution in [2.75, 3.05) is 12.8 Å². The zero-order chi connectivity index (χ0) is 15.6. The number of carbonyl (C=O) groups excluding carboxylic acids is 1. The molecule has 0 aliphatic heterocycles. The Morgan fingerprint density at radius 3 is 2.43 bits per heavy atom. The minimum atomic E-state index is -0.936. The molecule has 0 atom stereocenters. The molecule has 0 saturated carbocycles. The molecular weight excluding hydrogens is 342 g/mol. The van der Waals surface area contributed by atoms with Gasteiger partial charge >= 0.3 is 0 Å². The third-order valence-corrected chi connectivity index (χ3v) is 3.47. The molecule has 2 aromatic rings. The fraction of sp³-hybridized carbons (Fsp3) is 0.133. The summed E-state index contributed by atoms with van der Waals surface area (Å²) >= 11 is 3.34. The van der Waals surface area contributed by atoms with Gasteiger partial charge in [0, 0.05) is 23.6 Å². The third kappa shape index (κ3) is 3.58. The number of carbonyl (C=O) groups is 1. The molecule has 0 unspecified atom stereocenters. The van der Waals surface area contributed by atoms with E-state index in [2.05, 4.69) is 15.9 Å². The van der Waals surface area contributed by atoms with Crippen LogP contribution in [0.5, 0.6) is 0 Å². The van der Waals surface area contributed by atoms with E-state index in [1.165, 1.54) is 4.90 Å². The first-order valence-electron chi connectivity index (χ1n) is 6.13. The molecule has 6 heteroatoms. The van der Waals surface area contributed by atoms with Gasteiger partial charge in [0.1, 0.15) is 17.3 Å². The topological polar surface area (TPSA) is 46.3 Å². The second-order valence-electron chi connectivity index (χ2n) is 4.64. The summed E-state index contributed by atoms with van der Waals surface area (Å²) in [4.78, 5) is 13.6. The quantitative estimate of drug-likeness (QED) is 0.856. The molecule has 0 spiro atoms. The Balaban J connectivity index is 2.20. The number of halogens is 3. The number of hydrogen-bond acceptors (Lipinski definition) is 2. The highest BCUT2D eigenvalue weighted by molar-refractivity contribution is 9.10. The van der Waals surface area contributed by atoms with Crippen LogP contribution in [0, 0.1) is 11.6 Å². The van der Waals surface area contributed by atoms with E-state index in [9.17, 15) is 13.6 Å². The maximum Gasteiger partial charge on any atom is 0.254 e. The van der Waals surface area contributed by atoms with Gasteiger partial charge in [-0.1, -0.05) is 28.1 Å². The van der Waals surface area contributed by atoms with Crippen LogP contribution in [0.1, 0.15) is 15.9 Å². The van der Waals surface area contributed by atoms with E-state index in [1.807, 2.05) is 24.3 Å². The second kappa shape index (κ2) is 6.22. The molecule has 110 valence electrons. The van der Waals surface area contributed by atoms with Crippen LogP contribution >= 0.6 is 15.9 Å². The van der Waals surface area contributed by atoms with Crippen molar-refractivity contribution in [3.63, 3.8) is 0 Å². The van der Waals surface area contributed by atoms with Gasteiger partial charge in [0.05, 0.1) is 0 Å². The van der Waals surface area contributed by atoms with Gasteiger partial charge < -0.3 is 10.6 Å². The Morgan fingerprint density at radius 1 is 1.24 bits per heavy atom. The van der Waals surface area contributed by atoms with E-state index in [0.717, 1.165) is 22.2 Å². The highest BCUT2D eigenvalue weighted by Gasteiger charge is 2.16. The molecule has 2 N–H and O–H groups in total. The number of nitrogens with two attached hydrogens (primary N) is 1. The number of nitrogen functional groups attached to an aromatic ring is 1. The molecule has 21 heavy (non-hydrogen) atoms. The second-order valence-corrected chi connectivity index (χ2v) is 5.56. The third-order valence-electron chi connectivity index (χ3n) is 2.98. The van der Waals surface area contributed by atoms with Crippen LogP contribution in [0.4, 0.5) is 14.5 Å². The number of anilines is 1. The van der Waals surface area contributed by atoms with Gasteiger partial charge in [-0.25, -0.2) is 8.78 Å². The summed E-state index contributed by atoms with van der Waals surface area (Å²) in [5.74, 6) is -2.35. The lowest BCUT2D eigenvalue weighted by atomic mass is 10.1. The summed E-state index contributed by atoms with van der Waals surface area (Å²) < 4.78 is 27.7. The largest absolute Gasteiger partial charge is 0.394 e. The minimum absolute atomic E-state index is 0.0725. The lowest BCUT2D eigenvalue weighted by Gasteiger charge is -2.18. The molecule has 3 nitrogen and oxygen atoms in total. The van der Waals surface area contributed by atoms with Gasteiger partial charge in [0.15, 0.2) is 0 Å². The van der Waals surface area contributed by atoms with Crippen LogP contribution in [0.2, 0.25) is 0 Å². The van der Waals surface area contributed by atoms with Crippen LogP contribution in [-0.4, -0.2) is 17.9 Å². The summed E-state index contributed by atoms with van der Waals surface area (Å²) in [7, 11) is 1.56. The summed E-state index contributed by atoms with van der Waals surface area (Å²) in [6.07, 6.45) is 0. The van der Waals surface area contributed by atoms with E-state index >= 15 is 0 Å².